The molecule has 1 amide bonds. The standard InChI is InChI=1S/C15H24N4O/c1-17-6-8-19(9-7-17)14(20)11-18-5-4-13(10-18)15(16)12-2-3-12/h4-5,10,12,15H,2-3,6-9,11,16H2,1H3. The summed E-state index contributed by atoms with van der Waals surface area (Å²) in [5.74, 6) is 0.861. The molecule has 0 spiro atoms. The van der Waals surface area contributed by atoms with E-state index >= 15 is 0 Å². The Hall–Kier alpha value is -1.33. The number of carbonyl (C=O) groups excluding carboxylic acids is 1. The molecule has 20 heavy (non-hydrogen) atoms. The lowest BCUT2D eigenvalue weighted by Gasteiger charge is -2.32. The Morgan fingerprint density at radius 1 is 1.35 bits per heavy atom. The van der Waals surface area contributed by atoms with Crippen LogP contribution >= 0.6 is 0 Å². The molecule has 110 valence electrons. The minimum Gasteiger partial charge on any atom is -0.345 e. The fraction of sp³-hybridized carbons (Fsp3) is 0.667. The largest absolute Gasteiger partial charge is 0.345 e. The van der Waals surface area contributed by atoms with E-state index in [-0.39, 0.29) is 11.9 Å². The number of rotatable bonds is 4. The molecule has 0 radical (unpaired) electrons. The second-order valence-electron chi connectivity index (χ2n) is 6.16. The molecule has 1 atom stereocenters. The highest BCUT2D eigenvalue weighted by Crippen LogP contribution is 2.39. The molecule has 1 aliphatic carbocycles. The first-order valence-electron chi connectivity index (χ1n) is 7.51. The molecule has 1 saturated heterocycles. The predicted molar refractivity (Wildman–Crippen MR) is 78.2 cm³/mol. The van der Waals surface area contributed by atoms with E-state index in [1.54, 1.807) is 0 Å². The maximum Gasteiger partial charge on any atom is 0.242 e. The first-order chi connectivity index (χ1) is 9.63. The average molecular weight is 276 g/mol. The van der Waals surface area contributed by atoms with Gasteiger partial charge >= 0.3 is 0 Å². The summed E-state index contributed by atoms with van der Waals surface area (Å²) < 4.78 is 1.97. The summed E-state index contributed by atoms with van der Waals surface area (Å²) >= 11 is 0. The Labute approximate surface area is 120 Å². The van der Waals surface area contributed by atoms with Crippen molar-refractivity contribution < 1.29 is 4.79 Å². The summed E-state index contributed by atoms with van der Waals surface area (Å²) in [5.41, 5.74) is 7.35. The van der Waals surface area contributed by atoms with Gasteiger partial charge in [-0.3, -0.25) is 4.79 Å². The highest BCUT2D eigenvalue weighted by molar-refractivity contribution is 5.76. The van der Waals surface area contributed by atoms with Gasteiger partial charge in [0.1, 0.15) is 6.54 Å². The summed E-state index contributed by atoms with van der Waals surface area (Å²) in [6, 6.07) is 2.20. The second kappa shape index (κ2) is 5.58. The van der Waals surface area contributed by atoms with Gasteiger partial charge in [-0.2, -0.15) is 0 Å². The van der Waals surface area contributed by atoms with Crippen molar-refractivity contribution in [3.8, 4) is 0 Å². The van der Waals surface area contributed by atoms with Crippen LogP contribution in [0.1, 0.15) is 24.4 Å². The molecule has 1 unspecified atom stereocenters. The van der Waals surface area contributed by atoms with Crippen LogP contribution < -0.4 is 5.73 Å². The summed E-state index contributed by atoms with van der Waals surface area (Å²) in [6.07, 6.45) is 6.50. The van der Waals surface area contributed by atoms with Crippen LogP contribution in [0.5, 0.6) is 0 Å². The van der Waals surface area contributed by atoms with Crippen LogP contribution in [0.25, 0.3) is 0 Å². The molecule has 2 fully saturated rings. The minimum atomic E-state index is 0.148. The molecule has 2 aliphatic rings. The van der Waals surface area contributed by atoms with Crippen molar-refractivity contribution >= 4 is 5.91 Å². The Morgan fingerprint density at radius 3 is 2.70 bits per heavy atom. The molecule has 0 bridgehead atoms. The van der Waals surface area contributed by atoms with Gasteiger partial charge < -0.3 is 20.1 Å². The van der Waals surface area contributed by atoms with Gasteiger partial charge in [0, 0.05) is 44.6 Å². The Bertz CT molecular complexity index is 472. The Balaban J connectivity index is 1.56. The van der Waals surface area contributed by atoms with E-state index in [4.69, 9.17) is 5.73 Å². The van der Waals surface area contributed by atoms with E-state index < -0.39 is 0 Å². The zero-order valence-electron chi connectivity index (χ0n) is 12.2. The second-order valence-corrected chi connectivity index (χ2v) is 6.16. The number of piperazine rings is 1. The topological polar surface area (TPSA) is 54.5 Å². The van der Waals surface area contributed by atoms with E-state index in [1.165, 1.54) is 18.4 Å². The van der Waals surface area contributed by atoms with Gasteiger partial charge in [0.25, 0.3) is 0 Å². The molecular weight excluding hydrogens is 252 g/mol. The molecule has 3 rings (SSSR count). The van der Waals surface area contributed by atoms with Crippen LogP contribution in [0, 0.1) is 5.92 Å². The summed E-state index contributed by atoms with van der Waals surface area (Å²) in [7, 11) is 2.10. The first-order valence-corrected chi connectivity index (χ1v) is 7.51. The first kappa shape index (κ1) is 13.6. The quantitative estimate of drug-likeness (QED) is 0.879. The highest BCUT2D eigenvalue weighted by Gasteiger charge is 2.30. The van der Waals surface area contributed by atoms with Gasteiger partial charge in [-0.15, -0.1) is 0 Å². The third-order valence-electron chi connectivity index (χ3n) is 4.46. The maximum absolute atomic E-state index is 12.3. The van der Waals surface area contributed by atoms with Crippen molar-refractivity contribution in [3.63, 3.8) is 0 Å². The van der Waals surface area contributed by atoms with Crippen LogP contribution in [-0.4, -0.2) is 53.5 Å². The number of carbonyl (C=O) groups is 1. The van der Waals surface area contributed by atoms with Crippen LogP contribution in [0.4, 0.5) is 0 Å². The van der Waals surface area contributed by atoms with E-state index in [1.807, 2.05) is 21.9 Å². The van der Waals surface area contributed by atoms with E-state index in [0.717, 1.165) is 26.2 Å². The van der Waals surface area contributed by atoms with Gasteiger partial charge in [-0.05, 0) is 37.4 Å². The van der Waals surface area contributed by atoms with Gasteiger partial charge in [-0.1, -0.05) is 0 Å². The zero-order valence-corrected chi connectivity index (χ0v) is 12.2. The summed E-state index contributed by atoms with van der Waals surface area (Å²) in [6.45, 7) is 4.04. The van der Waals surface area contributed by atoms with Gasteiger partial charge in [0.2, 0.25) is 5.91 Å². The van der Waals surface area contributed by atoms with Crippen LogP contribution in [-0.2, 0) is 11.3 Å². The predicted octanol–water partition coefficient (Wildman–Crippen LogP) is 0.672. The lowest BCUT2D eigenvalue weighted by Crippen LogP contribution is -2.48. The van der Waals surface area contributed by atoms with Gasteiger partial charge in [0.05, 0.1) is 0 Å². The van der Waals surface area contributed by atoms with E-state index in [9.17, 15) is 4.79 Å². The molecule has 1 aromatic heterocycles. The van der Waals surface area contributed by atoms with Gasteiger partial charge in [-0.25, -0.2) is 0 Å². The third-order valence-corrected chi connectivity index (χ3v) is 4.46. The number of aromatic nitrogens is 1. The van der Waals surface area contributed by atoms with Crippen molar-refractivity contribution in [1.29, 1.82) is 0 Å². The lowest BCUT2D eigenvalue weighted by atomic mass is 10.1. The third kappa shape index (κ3) is 3.04. The van der Waals surface area contributed by atoms with Crippen molar-refractivity contribution in [2.75, 3.05) is 33.2 Å². The molecule has 2 heterocycles. The fourth-order valence-corrected chi connectivity index (χ4v) is 2.79. The van der Waals surface area contributed by atoms with Crippen LogP contribution in [0.2, 0.25) is 0 Å². The maximum atomic E-state index is 12.3. The van der Waals surface area contributed by atoms with E-state index in [0.29, 0.717) is 12.5 Å². The minimum absolute atomic E-state index is 0.148. The molecule has 1 aromatic rings. The highest BCUT2D eigenvalue weighted by atomic mass is 16.2. The lowest BCUT2D eigenvalue weighted by molar-refractivity contribution is -0.133. The SMILES string of the molecule is CN1CCN(C(=O)Cn2ccc(C(N)C3CC3)c2)CC1. The number of hydrogen-bond acceptors (Lipinski definition) is 3. The summed E-state index contributed by atoms with van der Waals surface area (Å²) in [4.78, 5) is 16.5. The smallest absolute Gasteiger partial charge is 0.242 e. The van der Waals surface area contributed by atoms with Crippen molar-refractivity contribution in [1.82, 2.24) is 14.4 Å². The molecule has 1 aliphatic heterocycles. The van der Waals surface area contributed by atoms with Crippen molar-refractivity contribution in [2.45, 2.75) is 25.4 Å². The Morgan fingerprint density at radius 2 is 2.05 bits per heavy atom. The van der Waals surface area contributed by atoms with Crippen LogP contribution in [0.3, 0.4) is 0 Å². The van der Waals surface area contributed by atoms with Gasteiger partial charge in [0.15, 0.2) is 0 Å². The molecular formula is C15H24N4O. The van der Waals surface area contributed by atoms with E-state index in [2.05, 4.69) is 18.0 Å². The molecule has 5 nitrogen and oxygen atoms in total. The summed E-state index contributed by atoms with van der Waals surface area (Å²) in [5, 5.41) is 0. The van der Waals surface area contributed by atoms with Crippen LogP contribution in [0.15, 0.2) is 18.5 Å². The normalized spacial score (nSPS) is 22.0. The number of likely N-dealkylation sites (N-methyl/N-ethyl adjacent to an activating group) is 1. The molecule has 0 aromatic carbocycles. The molecule has 5 heteroatoms. The number of nitrogens with zero attached hydrogens (tertiary/aromatic N) is 3. The van der Waals surface area contributed by atoms with Crippen molar-refractivity contribution in [3.05, 3.63) is 24.0 Å². The fourth-order valence-electron chi connectivity index (χ4n) is 2.79. The number of hydrogen-bond donors (Lipinski definition) is 1. The Kier molecular flexibility index (Phi) is 3.81. The monoisotopic (exact) mass is 276 g/mol. The van der Waals surface area contributed by atoms with Crippen molar-refractivity contribution in [2.24, 2.45) is 11.7 Å². The zero-order chi connectivity index (χ0) is 14.1. The number of amides is 1. The molecule has 1 saturated carbocycles. The number of nitrogens with two attached hydrogens (primary N) is 1. The average Bonchev–Trinajstić information content (AvgIpc) is 3.19. The molecule has 2 N–H and O–H groups in total.